The molecule has 29 heavy (non-hydrogen) atoms. The highest BCUT2D eigenvalue weighted by molar-refractivity contribution is 7.71. The summed E-state index contributed by atoms with van der Waals surface area (Å²) >= 11 is 4.95. The van der Waals surface area contributed by atoms with Crippen LogP contribution in [0.3, 0.4) is 0 Å². The lowest BCUT2D eigenvalue weighted by Crippen LogP contribution is -2.34. The Morgan fingerprint density at radius 2 is 1.86 bits per heavy atom. The van der Waals surface area contributed by atoms with Crippen LogP contribution in [0.5, 0.6) is 0 Å². The summed E-state index contributed by atoms with van der Waals surface area (Å²) < 4.78 is 42.9. The van der Waals surface area contributed by atoms with Crippen LogP contribution in [-0.4, -0.2) is 61.1 Å². The number of hydrogen-bond donors (Lipinski definition) is 6. The van der Waals surface area contributed by atoms with E-state index >= 15 is 0 Å². The van der Waals surface area contributed by atoms with Crippen molar-refractivity contribution in [2.24, 2.45) is 0 Å². The van der Waals surface area contributed by atoms with Crippen molar-refractivity contribution in [2.45, 2.75) is 37.9 Å². The van der Waals surface area contributed by atoms with E-state index in [1.54, 1.807) is 6.92 Å². The SMILES string of the molecule is CCCOP(=O)(O)OP(=O)(O)OC[C@H]1O[C@@H](n2ccc(=O)[nH]c2=S)[C@H](O)[C@@H]1O.N. The predicted molar refractivity (Wildman–Crippen MR) is 99.8 cm³/mol. The van der Waals surface area contributed by atoms with Gasteiger partial charge in [0.2, 0.25) is 0 Å². The van der Waals surface area contributed by atoms with Gasteiger partial charge in [-0.15, -0.1) is 0 Å². The maximum Gasteiger partial charge on any atom is 0.481 e. The summed E-state index contributed by atoms with van der Waals surface area (Å²) in [6.45, 7) is 0.684. The number of aromatic amines is 1. The topological polar surface area (TPSA) is 225 Å². The smallest absolute Gasteiger partial charge is 0.387 e. The molecule has 1 saturated heterocycles. The molecule has 17 heteroatoms. The molecule has 0 bridgehead atoms. The molecule has 6 atom stereocenters. The lowest BCUT2D eigenvalue weighted by Gasteiger charge is -2.19. The summed E-state index contributed by atoms with van der Waals surface area (Å²) in [6.07, 6.45) is -4.01. The molecule has 1 aromatic heterocycles. The van der Waals surface area contributed by atoms with Gasteiger partial charge in [-0.25, -0.2) is 9.13 Å². The minimum atomic E-state index is -5.05. The highest BCUT2D eigenvalue weighted by Gasteiger charge is 2.45. The Balaban J connectivity index is 0.00000420. The average molecular weight is 479 g/mol. The van der Waals surface area contributed by atoms with Crippen molar-refractivity contribution in [1.29, 1.82) is 0 Å². The molecule has 0 amide bonds. The van der Waals surface area contributed by atoms with Gasteiger partial charge in [0.1, 0.15) is 18.3 Å². The third-order valence-corrected chi connectivity index (χ3v) is 6.48. The number of nitrogens with one attached hydrogen (secondary N) is 1. The van der Waals surface area contributed by atoms with Gasteiger partial charge in [0.25, 0.3) is 5.56 Å². The average Bonchev–Trinajstić information content (AvgIpc) is 2.86. The molecule has 2 rings (SSSR count). The van der Waals surface area contributed by atoms with Crippen molar-refractivity contribution in [3.8, 4) is 0 Å². The molecule has 1 aromatic rings. The number of phosphoric acid groups is 2. The Morgan fingerprint density at radius 1 is 1.24 bits per heavy atom. The number of aromatic nitrogens is 2. The highest BCUT2D eigenvalue weighted by Crippen LogP contribution is 2.60. The second-order valence-electron chi connectivity index (χ2n) is 5.71. The van der Waals surface area contributed by atoms with Crippen molar-refractivity contribution in [3.05, 3.63) is 27.4 Å². The van der Waals surface area contributed by atoms with Crippen LogP contribution in [0.4, 0.5) is 0 Å². The Labute approximate surface area is 169 Å². The van der Waals surface area contributed by atoms with E-state index in [0.717, 1.165) is 6.07 Å². The van der Waals surface area contributed by atoms with E-state index in [2.05, 4.69) is 18.3 Å². The first-order valence-corrected chi connectivity index (χ1v) is 11.3. The number of phosphoric ester groups is 2. The lowest BCUT2D eigenvalue weighted by atomic mass is 10.1. The maximum absolute atomic E-state index is 11.8. The first kappa shape index (κ1) is 26.2. The first-order chi connectivity index (χ1) is 13.0. The van der Waals surface area contributed by atoms with Gasteiger partial charge in [-0.2, -0.15) is 4.31 Å². The first-order valence-electron chi connectivity index (χ1n) is 7.95. The van der Waals surface area contributed by atoms with Crippen LogP contribution in [0.2, 0.25) is 0 Å². The van der Waals surface area contributed by atoms with Crippen molar-refractivity contribution in [3.63, 3.8) is 0 Å². The number of H-pyrrole nitrogens is 1. The van der Waals surface area contributed by atoms with Gasteiger partial charge in [-0.3, -0.25) is 23.4 Å². The fourth-order valence-corrected chi connectivity index (χ4v) is 4.71. The summed E-state index contributed by atoms with van der Waals surface area (Å²) in [5.41, 5.74) is -0.480. The number of nitrogens with zero attached hydrogens (tertiary/aromatic N) is 1. The van der Waals surface area contributed by atoms with Gasteiger partial charge in [-0.1, -0.05) is 6.92 Å². The van der Waals surface area contributed by atoms with Crippen molar-refractivity contribution in [2.75, 3.05) is 13.2 Å². The van der Waals surface area contributed by atoms with Gasteiger partial charge in [0.05, 0.1) is 13.2 Å². The maximum atomic E-state index is 11.8. The lowest BCUT2D eigenvalue weighted by molar-refractivity contribution is -0.0534. The van der Waals surface area contributed by atoms with Crippen LogP contribution in [0.15, 0.2) is 17.1 Å². The molecule has 2 unspecified atom stereocenters. The molecule has 2 heterocycles. The number of ether oxygens (including phenoxy) is 1. The number of aliphatic hydroxyl groups excluding tert-OH is 2. The molecule has 0 spiro atoms. The van der Waals surface area contributed by atoms with E-state index in [1.165, 1.54) is 10.8 Å². The van der Waals surface area contributed by atoms with Gasteiger partial charge in [-0.05, 0) is 18.6 Å². The quantitative estimate of drug-likeness (QED) is 0.208. The summed E-state index contributed by atoms with van der Waals surface area (Å²) in [6, 6.07) is 1.12. The number of aliphatic hydroxyl groups is 2. The number of rotatable bonds is 9. The standard InChI is InChI=1S/C12H20N2O11P2S.H3N/c1-2-5-22-26(18,19)25-27(20,21)23-6-7-9(16)10(17)11(24-7)14-4-3-8(15)13-12(14)28;/h3-4,7,9-11,16-17H,2,5-6H2,1H3,(H,18,19)(H,20,21)(H,13,15,28);1H3/t7-,9-,10-,11-;/m1./s1. The van der Waals surface area contributed by atoms with Gasteiger partial charge >= 0.3 is 15.6 Å². The largest absolute Gasteiger partial charge is 0.481 e. The normalized spacial score (nSPS) is 28.3. The molecule has 168 valence electrons. The third kappa shape index (κ3) is 7.14. The molecule has 14 nitrogen and oxygen atoms in total. The van der Waals surface area contributed by atoms with Gasteiger partial charge in [0, 0.05) is 12.3 Å². The Morgan fingerprint density at radius 3 is 2.45 bits per heavy atom. The van der Waals surface area contributed by atoms with Crippen LogP contribution in [0, 0.1) is 4.77 Å². The fraction of sp³-hybridized carbons (Fsp3) is 0.667. The Hall–Kier alpha value is -0.800. The summed E-state index contributed by atoms with van der Waals surface area (Å²) in [4.78, 5) is 32.4. The fourth-order valence-electron chi connectivity index (χ4n) is 2.28. The van der Waals surface area contributed by atoms with Crippen LogP contribution in [-0.2, 0) is 27.2 Å². The second kappa shape index (κ2) is 10.5. The zero-order chi connectivity index (χ0) is 21.1. The minimum Gasteiger partial charge on any atom is -0.387 e. The summed E-state index contributed by atoms with van der Waals surface area (Å²) in [7, 11) is -9.88. The number of hydrogen-bond acceptors (Lipinski definition) is 11. The molecule has 1 aliphatic rings. The van der Waals surface area contributed by atoms with E-state index in [-0.39, 0.29) is 17.5 Å². The second-order valence-corrected chi connectivity index (χ2v) is 9.14. The molecular formula is C12H23N3O11P2S. The zero-order valence-electron chi connectivity index (χ0n) is 15.2. The van der Waals surface area contributed by atoms with Crippen LogP contribution >= 0.6 is 27.9 Å². The molecule has 0 aliphatic carbocycles. The molecule has 0 radical (unpaired) electrons. The third-order valence-electron chi connectivity index (χ3n) is 3.53. The van der Waals surface area contributed by atoms with E-state index in [1.807, 2.05) is 0 Å². The van der Waals surface area contributed by atoms with Crippen molar-refractivity contribution < 1.29 is 47.2 Å². The molecule has 0 aromatic carbocycles. The molecule has 1 aliphatic heterocycles. The van der Waals surface area contributed by atoms with Crippen molar-refractivity contribution >= 4 is 27.9 Å². The van der Waals surface area contributed by atoms with Crippen molar-refractivity contribution in [1.82, 2.24) is 15.7 Å². The van der Waals surface area contributed by atoms with Crippen LogP contribution in [0.25, 0.3) is 0 Å². The highest BCUT2D eigenvalue weighted by atomic mass is 32.1. The van der Waals surface area contributed by atoms with Crippen LogP contribution < -0.4 is 11.7 Å². The molecule has 8 N–H and O–H groups in total. The Kier molecular flexibility index (Phi) is 9.48. The Bertz CT molecular complexity index is 892. The van der Waals surface area contributed by atoms with E-state index in [9.17, 15) is 33.9 Å². The monoisotopic (exact) mass is 479 g/mol. The molecule has 1 fully saturated rings. The minimum absolute atomic E-state index is 0. The van der Waals surface area contributed by atoms with Gasteiger partial charge < -0.3 is 30.9 Å². The molecule has 0 saturated carbocycles. The molecular weight excluding hydrogens is 456 g/mol. The van der Waals surface area contributed by atoms with E-state index < -0.39 is 52.4 Å². The predicted octanol–water partition coefficient (Wildman–Crippen LogP) is 0.348. The van der Waals surface area contributed by atoms with Gasteiger partial charge in [0.15, 0.2) is 11.0 Å². The van der Waals surface area contributed by atoms with E-state index in [0.29, 0.717) is 6.42 Å². The van der Waals surface area contributed by atoms with E-state index in [4.69, 9.17) is 17.0 Å². The summed E-state index contributed by atoms with van der Waals surface area (Å²) in [5.74, 6) is 0. The van der Waals surface area contributed by atoms with Crippen LogP contribution in [0.1, 0.15) is 19.6 Å². The zero-order valence-corrected chi connectivity index (χ0v) is 17.8. The summed E-state index contributed by atoms with van der Waals surface area (Å²) in [5, 5.41) is 20.2.